The van der Waals surface area contributed by atoms with Crippen molar-refractivity contribution in [3.8, 4) is 0 Å². The number of anilines is 1. The Morgan fingerprint density at radius 1 is 1.21 bits per heavy atom. The summed E-state index contributed by atoms with van der Waals surface area (Å²) in [6.07, 6.45) is 0.357. The van der Waals surface area contributed by atoms with E-state index in [0.717, 1.165) is 11.3 Å². The summed E-state index contributed by atoms with van der Waals surface area (Å²) in [5.74, 6) is -2.51. The predicted molar refractivity (Wildman–Crippen MR) is 85.9 cm³/mol. The first-order valence-electron chi connectivity index (χ1n) is 7.17. The molecule has 1 aromatic heterocycles. The standard InChI is InChI=1S/C16H13FN2O4S/c17-9-3-1-2-4-11(9)19-8-7-10(15(19)21)18-14(20)12-5-6-13(24-12)16(22)23/h1-6,10H,7-8H2,(H,18,20)(H,22,23)/t10-/m1/s1. The molecule has 0 bridgehead atoms. The van der Waals surface area contributed by atoms with E-state index in [1.54, 1.807) is 6.07 Å². The quantitative estimate of drug-likeness (QED) is 0.886. The highest BCUT2D eigenvalue weighted by atomic mass is 32.1. The topological polar surface area (TPSA) is 86.7 Å². The zero-order valence-corrected chi connectivity index (χ0v) is 13.2. The Morgan fingerprint density at radius 3 is 2.58 bits per heavy atom. The number of rotatable bonds is 4. The van der Waals surface area contributed by atoms with Crippen LogP contribution < -0.4 is 10.2 Å². The Bertz CT molecular complexity index is 820. The lowest BCUT2D eigenvalue weighted by molar-refractivity contribution is -0.118. The molecule has 1 saturated heterocycles. The summed E-state index contributed by atoms with van der Waals surface area (Å²) in [5, 5.41) is 11.5. The minimum absolute atomic E-state index is 0.0471. The molecule has 124 valence electrons. The van der Waals surface area contributed by atoms with Crippen LogP contribution in [0.2, 0.25) is 0 Å². The van der Waals surface area contributed by atoms with Crippen LogP contribution in [-0.2, 0) is 4.79 Å². The van der Waals surface area contributed by atoms with Crippen molar-refractivity contribution in [2.45, 2.75) is 12.5 Å². The second-order valence-corrected chi connectivity index (χ2v) is 6.31. The number of halogens is 1. The van der Waals surface area contributed by atoms with Crippen molar-refractivity contribution in [1.82, 2.24) is 5.32 Å². The molecule has 3 rings (SSSR count). The normalized spacial score (nSPS) is 17.1. The van der Waals surface area contributed by atoms with Crippen molar-refractivity contribution in [1.29, 1.82) is 0 Å². The Kier molecular flexibility index (Phi) is 4.30. The molecule has 8 heteroatoms. The molecule has 1 aliphatic rings. The SMILES string of the molecule is O=C(O)c1ccc(C(=O)N[C@@H]2CCN(c3ccccc3F)C2=O)s1. The third-order valence-electron chi connectivity index (χ3n) is 3.69. The average Bonchev–Trinajstić information content (AvgIpc) is 3.17. The number of hydrogen-bond acceptors (Lipinski definition) is 4. The number of nitrogens with one attached hydrogen (secondary N) is 1. The minimum atomic E-state index is -1.11. The van der Waals surface area contributed by atoms with Crippen LogP contribution in [-0.4, -0.2) is 35.5 Å². The fourth-order valence-electron chi connectivity index (χ4n) is 2.53. The summed E-state index contributed by atoms with van der Waals surface area (Å²) in [5.41, 5.74) is 0.184. The third kappa shape index (κ3) is 3.00. The van der Waals surface area contributed by atoms with Crippen LogP contribution in [0.5, 0.6) is 0 Å². The summed E-state index contributed by atoms with van der Waals surface area (Å²) >= 11 is 0.837. The molecule has 0 radical (unpaired) electrons. The minimum Gasteiger partial charge on any atom is -0.477 e. The monoisotopic (exact) mass is 348 g/mol. The number of para-hydroxylation sites is 1. The first-order valence-corrected chi connectivity index (χ1v) is 7.99. The van der Waals surface area contributed by atoms with Crippen molar-refractivity contribution in [3.63, 3.8) is 0 Å². The lowest BCUT2D eigenvalue weighted by Gasteiger charge is -2.17. The molecule has 0 aliphatic carbocycles. The van der Waals surface area contributed by atoms with Gasteiger partial charge in [0.2, 0.25) is 5.91 Å². The maximum absolute atomic E-state index is 13.8. The van der Waals surface area contributed by atoms with Gasteiger partial charge < -0.3 is 15.3 Å². The molecular weight excluding hydrogens is 335 g/mol. The van der Waals surface area contributed by atoms with Gasteiger partial charge in [-0.25, -0.2) is 9.18 Å². The number of amides is 2. The average molecular weight is 348 g/mol. The first-order chi connectivity index (χ1) is 11.5. The number of carbonyl (C=O) groups is 3. The number of carboxylic acid groups (broad SMARTS) is 1. The van der Waals surface area contributed by atoms with Crippen LogP contribution in [0.1, 0.15) is 25.8 Å². The van der Waals surface area contributed by atoms with Crippen LogP contribution in [0.3, 0.4) is 0 Å². The van der Waals surface area contributed by atoms with Crippen LogP contribution in [0, 0.1) is 5.82 Å². The molecule has 2 amide bonds. The van der Waals surface area contributed by atoms with Gasteiger partial charge in [-0.3, -0.25) is 9.59 Å². The van der Waals surface area contributed by atoms with Gasteiger partial charge in [-0.1, -0.05) is 12.1 Å². The van der Waals surface area contributed by atoms with E-state index in [1.165, 1.54) is 35.2 Å². The van der Waals surface area contributed by atoms with Gasteiger partial charge in [-0.05, 0) is 30.7 Å². The molecule has 2 aromatic rings. The highest BCUT2D eigenvalue weighted by Crippen LogP contribution is 2.25. The van der Waals surface area contributed by atoms with Crippen LogP contribution in [0.15, 0.2) is 36.4 Å². The molecule has 1 atom stereocenters. The van der Waals surface area contributed by atoms with Crippen molar-refractivity contribution in [3.05, 3.63) is 52.0 Å². The molecule has 1 aliphatic heterocycles. The molecule has 2 heterocycles. The van der Waals surface area contributed by atoms with Gasteiger partial charge in [-0.15, -0.1) is 11.3 Å². The number of thiophene rings is 1. The van der Waals surface area contributed by atoms with Gasteiger partial charge in [0.25, 0.3) is 5.91 Å². The smallest absolute Gasteiger partial charge is 0.345 e. The van der Waals surface area contributed by atoms with Gasteiger partial charge in [0.05, 0.1) is 10.6 Å². The molecule has 0 unspecified atom stereocenters. The van der Waals surface area contributed by atoms with Gasteiger partial charge in [0, 0.05) is 6.54 Å². The van der Waals surface area contributed by atoms with Crippen molar-refractivity contribution < 1.29 is 23.9 Å². The van der Waals surface area contributed by atoms with Gasteiger partial charge in [0.1, 0.15) is 16.7 Å². The number of hydrogen-bond donors (Lipinski definition) is 2. The number of nitrogens with zero attached hydrogens (tertiary/aromatic N) is 1. The summed E-state index contributed by atoms with van der Waals surface area (Å²) in [6, 6.07) is 7.93. The fourth-order valence-corrected chi connectivity index (χ4v) is 3.28. The van der Waals surface area contributed by atoms with E-state index in [9.17, 15) is 18.8 Å². The van der Waals surface area contributed by atoms with E-state index in [-0.39, 0.29) is 21.3 Å². The van der Waals surface area contributed by atoms with E-state index in [2.05, 4.69) is 5.32 Å². The maximum Gasteiger partial charge on any atom is 0.345 e. The highest BCUT2D eigenvalue weighted by molar-refractivity contribution is 7.15. The summed E-state index contributed by atoms with van der Waals surface area (Å²) in [4.78, 5) is 37.0. The third-order valence-corrected chi connectivity index (χ3v) is 4.77. The molecule has 1 fully saturated rings. The van der Waals surface area contributed by atoms with Gasteiger partial charge in [-0.2, -0.15) is 0 Å². The molecule has 0 saturated carbocycles. The van der Waals surface area contributed by atoms with E-state index in [1.807, 2.05) is 0 Å². The Hall–Kier alpha value is -2.74. The number of carbonyl (C=O) groups excluding carboxylic acids is 2. The van der Waals surface area contributed by atoms with E-state index >= 15 is 0 Å². The molecule has 6 nitrogen and oxygen atoms in total. The van der Waals surface area contributed by atoms with E-state index in [4.69, 9.17) is 5.11 Å². The van der Waals surface area contributed by atoms with Gasteiger partial charge >= 0.3 is 5.97 Å². The molecule has 1 aromatic carbocycles. The molecular formula is C16H13FN2O4S. The van der Waals surface area contributed by atoms with E-state index < -0.39 is 23.7 Å². The number of benzene rings is 1. The summed E-state index contributed by atoms with van der Waals surface area (Å²) < 4.78 is 13.8. The van der Waals surface area contributed by atoms with Crippen molar-refractivity contribution >= 4 is 34.8 Å². The van der Waals surface area contributed by atoms with Crippen molar-refractivity contribution in [2.75, 3.05) is 11.4 Å². The Labute approximate surface area is 140 Å². The lowest BCUT2D eigenvalue weighted by atomic mass is 10.2. The fraction of sp³-hybridized carbons (Fsp3) is 0.188. The lowest BCUT2D eigenvalue weighted by Crippen LogP contribution is -2.41. The second-order valence-electron chi connectivity index (χ2n) is 5.23. The van der Waals surface area contributed by atoms with Gasteiger partial charge in [0.15, 0.2) is 0 Å². The Balaban J connectivity index is 1.70. The van der Waals surface area contributed by atoms with Crippen LogP contribution in [0.4, 0.5) is 10.1 Å². The maximum atomic E-state index is 13.8. The Morgan fingerprint density at radius 2 is 1.92 bits per heavy atom. The zero-order valence-electron chi connectivity index (χ0n) is 12.4. The van der Waals surface area contributed by atoms with E-state index in [0.29, 0.717) is 13.0 Å². The number of aromatic carboxylic acids is 1. The predicted octanol–water partition coefficient (Wildman–Crippen LogP) is 2.12. The first kappa shape index (κ1) is 16.1. The van der Waals surface area contributed by atoms with Crippen LogP contribution >= 0.6 is 11.3 Å². The van der Waals surface area contributed by atoms with Crippen molar-refractivity contribution in [2.24, 2.45) is 0 Å². The second kappa shape index (κ2) is 6.40. The van der Waals surface area contributed by atoms with Crippen LogP contribution in [0.25, 0.3) is 0 Å². The number of carboxylic acids is 1. The molecule has 2 N–H and O–H groups in total. The zero-order chi connectivity index (χ0) is 17.3. The largest absolute Gasteiger partial charge is 0.477 e. The summed E-state index contributed by atoms with van der Waals surface area (Å²) in [6.45, 7) is 0.301. The highest BCUT2D eigenvalue weighted by Gasteiger charge is 2.35. The summed E-state index contributed by atoms with van der Waals surface area (Å²) in [7, 11) is 0. The molecule has 0 spiro atoms. The molecule has 24 heavy (non-hydrogen) atoms.